The molecular weight excluding hydrogens is 232 g/mol. The van der Waals surface area contributed by atoms with E-state index >= 15 is 0 Å². The molecule has 0 unspecified atom stereocenters. The molecule has 0 aliphatic carbocycles. The molecule has 4 heteroatoms. The van der Waals surface area contributed by atoms with Crippen LogP contribution in [0.1, 0.15) is 47.4 Å². The van der Waals surface area contributed by atoms with Gasteiger partial charge < -0.3 is 9.47 Å². The van der Waals surface area contributed by atoms with Crippen LogP contribution in [0.15, 0.2) is 12.1 Å². The largest absolute Gasteiger partial charge is 0.496 e. The molecule has 4 nitrogen and oxygen atoms in total. The van der Waals surface area contributed by atoms with Crippen molar-refractivity contribution in [3.63, 3.8) is 0 Å². The Morgan fingerprint density at radius 3 is 1.44 bits per heavy atom. The summed E-state index contributed by atoms with van der Waals surface area (Å²) in [5, 5.41) is 0. The summed E-state index contributed by atoms with van der Waals surface area (Å²) in [6.07, 6.45) is 0.751. The first-order valence-electron chi connectivity index (χ1n) is 5.91. The molecule has 1 aromatic rings. The summed E-state index contributed by atoms with van der Waals surface area (Å²) in [7, 11) is 2.96. The van der Waals surface area contributed by atoms with Gasteiger partial charge in [-0.05, 0) is 12.1 Å². The summed E-state index contributed by atoms with van der Waals surface area (Å²) >= 11 is 0. The Hall–Kier alpha value is -1.84. The van der Waals surface area contributed by atoms with Gasteiger partial charge >= 0.3 is 0 Å². The van der Waals surface area contributed by atoms with Crippen LogP contribution in [0, 0.1) is 0 Å². The molecule has 0 bridgehead atoms. The monoisotopic (exact) mass is 250 g/mol. The zero-order valence-electron chi connectivity index (χ0n) is 11.2. The SMILES string of the molecule is CCC(=O)c1cc(OC)c(C(=O)CC)cc1OC. The molecule has 0 saturated heterocycles. The van der Waals surface area contributed by atoms with Crippen LogP contribution in [0.3, 0.4) is 0 Å². The summed E-state index contributed by atoms with van der Waals surface area (Å²) in [5.41, 5.74) is 0.897. The molecule has 0 aliphatic heterocycles. The molecule has 0 fully saturated rings. The normalized spacial score (nSPS) is 10.0. The van der Waals surface area contributed by atoms with Crippen LogP contribution in [0.4, 0.5) is 0 Å². The van der Waals surface area contributed by atoms with Crippen molar-refractivity contribution in [1.29, 1.82) is 0 Å². The zero-order valence-corrected chi connectivity index (χ0v) is 11.2. The first-order valence-corrected chi connectivity index (χ1v) is 5.91. The van der Waals surface area contributed by atoms with E-state index in [4.69, 9.17) is 9.47 Å². The van der Waals surface area contributed by atoms with Crippen LogP contribution < -0.4 is 9.47 Å². The number of hydrogen-bond donors (Lipinski definition) is 0. The second kappa shape index (κ2) is 6.19. The molecule has 1 rings (SSSR count). The summed E-state index contributed by atoms with van der Waals surface area (Å²) < 4.78 is 10.3. The molecule has 0 radical (unpaired) electrons. The number of Topliss-reactive ketones (excluding diaryl/α,β-unsaturated/α-hetero) is 2. The predicted molar refractivity (Wildman–Crippen MR) is 68.8 cm³/mol. The van der Waals surface area contributed by atoms with E-state index in [1.165, 1.54) is 14.2 Å². The van der Waals surface area contributed by atoms with Crippen molar-refractivity contribution in [2.75, 3.05) is 14.2 Å². The fourth-order valence-electron chi connectivity index (χ4n) is 1.71. The highest BCUT2D eigenvalue weighted by molar-refractivity contribution is 6.03. The third-order valence-corrected chi connectivity index (χ3v) is 2.76. The molecule has 18 heavy (non-hydrogen) atoms. The second-order valence-electron chi connectivity index (χ2n) is 3.81. The lowest BCUT2D eigenvalue weighted by Crippen LogP contribution is -2.06. The molecule has 0 N–H and O–H groups in total. The number of ether oxygens (including phenoxy) is 2. The highest BCUT2D eigenvalue weighted by Gasteiger charge is 2.18. The summed E-state index contributed by atoms with van der Waals surface area (Å²) in [6.45, 7) is 3.55. The van der Waals surface area contributed by atoms with Gasteiger partial charge in [0.1, 0.15) is 11.5 Å². The number of carbonyl (C=O) groups is 2. The summed E-state index contributed by atoms with van der Waals surface area (Å²) in [4.78, 5) is 23.6. The molecule has 0 aliphatic rings. The maximum Gasteiger partial charge on any atom is 0.166 e. The van der Waals surface area contributed by atoms with Gasteiger partial charge in [0, 0.05) is 12.8 Å². The van der Waals surface area contributed by atoms with E-state index in [2.05, 4.69) is 0 Å². The maximum atomic E-state index is 11.8. The van der Waals surface area contributed by atoms with Gasteiger partial charge in [-0.2, -0.15) is 0 Å². The maximum absolute atomic E-state index is 11.8. The lowest BCUT2D eigenvalue weighted by atomic mass is 10.0. The van der Waals surface area contributed by atoms with E-state index in [1.54, 1.807) is 26.0 Å². The van der Waals surface area contributed by atoms with Crippen LogP contribution in [-0.4, -0.2) is 25.8 Å². The molecule has 0 atom stereocenters. The molecule has 0 saturated carbocycles. The van der Waals surface area contributed by atoms with E-state index in [9.17, 15) is 9.59 Å². The Balaban J connectivity index is 3.41. The number of rotatable bonds is 6. The minimum atomic E-state index is -0.0411. The quantitative estimate of drug-likeness (QED) is 0.728. The summed E-state index contributed by atoms with van der Waals surface area (Å²) in [6, 6.07) is 3.15. The van der Waals surface area contributed by atoms with E-state index < -0.39 is 0 Å². The Bertz CT molecular complexity index is 419. The fraction of sp³-hybridized carbons (Fsp3) is 0.429. The Morgan fingerprint density at radius 1 is 0.889 bits per heavy atom. The molecule has 98 valence electrons. The van der Waals surface area contributed by atoms with E-state index in [0.717, 1.165) is 0 Å². The lowest BCUT2D eigenvalue weighted by Gasteiger charge is -2.13. The highest BCUT2D eigenvalue weighted by Crippen LogP contribution is 2.30. The Labute approximate surface area is 107 Å². The van der Waals surface area contributed by atoms with Gasteiger partial charge in [-0.25, -0.2) is 0 Å². The first-order chi connectivity index (χ1) is 8.58. The minimum absolute atomic E-state index is 0.0411. The topological polar surface area (TPSA) is 52.6 Å². The van der Waals surface area contributed by atoms with Crippen molar-refractivity contribution in [2.45, 2.75) is 26.7 Å². The summed E-state index contributed by atoms with van der Waals surface area (Å²) in [5.74, 6) is 0.750. The first kappa shape index (κ1) is 14.2. The lowest BCUT2D eigenvalue weighted by molar-refractivity contribution is 0.0971. The smallest absolute Gasteiger partial charge is 0.166 e. The Morgan fingerprint density at radius 2 is 1.22 bits per heavy atom. The van der Waals surface area contributed by atoms with Crippen molar-refractivity contribution in [2.24, 2.45) is 0 Å². The van der Waals surface area contributed by atoms with Gasteiger partial charge in [0.05, 0.1) is 25.3 Å². The number of hydrogen-bond acceptors (Lipinski definition) is 4. The molecule has 0 aromatic heterocycles. The number of carbonyl (C=O) groups excluding carboxylic acids is 2. The number of methoxy groups -OCH3 is 2. The van der Waals surface area contributed by atoms with E-state index in [1.807, 2.05) is 0 Å². The van der Waals surface area contributed by atoms with Crippen molar-refractivity contribution in [1.82, 2.24) is 0 Å². The third-order valence-electron chi connectivity index (χ3n) is 2.76. The molecular formula is C14H18O4. The highest BCUT2D eigenvalue weighted by atomic mass is 16.5. The van der Waals surface area contributed by atoms with Crippen LogP contribution in [0.2, 0.25) is 0 Å². The number of benzene rings is 1. The van der Waals surface area contributed by atoms with Gasteiger partial charge in [-0.15, -0.1) is 0 Å². The van der Waals surface area contributed by atoms with Gasteiger partial charge in [0.2, 0.25) is 0 Å². The fourth-order valence-corrected chi connectivity index (χ4v) is 1.71. The van der Waals surface area contributed by atoms with Gasteiger partial charge in [0.25, 0.3) is 0 Å². The van der Waals surface area contributed by atoms with Gasteiger partial charge in [-0.3, -0.25) is 9.59 Å². The van der Waals surface area contributed by atoms with E-state index in [0.29, 0.717) is 35.5 Å². The van der Waals surface area contributed by atoms with Crippen LogP contribution in [-0.2, 0) is 0 Å². The van der Waals surface area contributed by atoms with Crippen LogP contribution in [0.5, 0.6) is 11.5 Å². The van der Waals surface area contributed by atoms with Crippen LogP contribution >= 0.6 is 0 Å². The molecule has 0 spiro atoms. The molecule has 1 aromatic carbocycles. The van der Waals surface area contributed by atoms with Crippen LogP contribution in [0.25, 0.3) is 0 Å². The predicted octanol–water partition coefficient (Wildman–Crippen LogP) is 2.89. The second-order valence-corrected chi connectivity index (χ2v) is 3.81. The van der Waals surface area contributed by atoms with E-state index in [-0.39, 0.29) is 11.6 Å². The van der Waals surface area contributed by atoms with Crippen molar-refractivity contribution >= 4 is 11.6 Å². The molecule has 0 heterocycles. The van der Waals surface area contributed by atoms with Gasteiger partial charge in [-0.1, -0.05) is 13.8 Å². The van der Waals surface area contributed by atoms with Gasteiger partial charge in [0.15, 0.2) is 11.6 Å². The van der Waals surface area contributed by atoms with Crippen molar-refractivity contribution in [3.8, 4) is 11.5 Å². The van der Waals surface area contributed by atoms with Crippen molar-refractivity contribution in [3.05, 3.63) is 23.3 Å². The zero-order chi connectivity index (χ0) is 13.7. The Kier molecular flexibility index (Phi) is 4.89. The average molecular weight is 250 g/mol. The number of ketones is 2. The standard InChI is InChI=1S/C14H18O4/c1-5-11(15)9-7-14(18-4)10(12(16)6-2)8-13(9)17-3/h7-8H,5-6H2,1-4H3. The van der Waals surface area contributed by atoms with Crippen molar-refractivity contribution < 1.29 is 19.1 Å². The molecule has 0 amide bonds. The average Bonchev–Trinajstić information content (AvgIpc) is 2.43. The minimum Gasteiger partial charge on any atom is -0.496 e. The third kappa shape index (κ3) is 2.70.